The molecule has 0 aliphatic heterocycles. The van der Waals surface area contributed by atoms with E-state index in [9.17, 15) is 9.59 Å². The molecule has 19 heavy (non-hydrogen) atoms. The van der Waals surface area contributed by atoms with Gasteiger partial charge in [0.15, 0.2) is 0 Å². The van der Waals surface area contributed by atoms with E-state index in [2.05, 4.69) is 17.6 Å². The monoisotopic (exact) mass is 294 g/mol. The van der Waals surface area contributed by atoms with E-state index in [1.54, 1.807) is 6.92 Å². The van der Waals surface area contributed by atoms with Gasteiger partial charge in [-0.05, 0) is 19.8 Å². The number of rotatable bonds is 10. The van der Waals surface area contributed by atoms with Gasteiger partial charge >= 0.3 is 5.97 Å². The summed E-state index contributed by atoms with van der Waals surface area (Å²) in [6, 6.07) is -1.12. The van der Waals surface area contributed by atoms with Crippen LogP contribution in [0.25, 0.3) is 0 Å². The summed E-state index contributed by atoms with van der Waals surface area (Å²) in [7, 11) is 0. The summed E-state index contributed by atoms with van der Waals surface area (Å²) in [6.07, 6.45) is 4.47. The SMILES string of the molecule is CCCCCNC(=O)C(C)NC(CCC)C(=O)O.Cl. The quantitative estimate of drug-likeness (QED) is 0.538. The minimum atomic E-state index is -0.900. The Hall–Kier alpha value is -0.810. The van der Waals surface area contributed by atoms with Crippen molar-refractivity contribution >= 4 is 24.3 Å². The lowest BCUT2D eigenvalue weighted by molar-refractivity contribution is -0.140. The number of unbranched alkanes of at least 4 members (excludes halogenated alkanes) is 2. The van der Waals surface area contributed by atoms with Gasteiger partial charge in [0.25, 0.3) is 0 Å². The normalized spacial score (nSPS) is 13.2. The van der Waals surface area contributed by atoms with Gasteiger partial charge < -0.3 is 10.4 Å². The molecule has 114 valence electrons. The highest BCUT2D eigenvalue weighted by molar-refractivity contribution is 5.85. The molecule has 1 amide bonds. The predicted molar refractivity (Wildman–Crippen MR) is 78.7 cm³/mol. The Bertz CT molecular complexity index is 262. The lowest BCUT2D eigenvalue weighted by atomic mass is 10.1. The van der Waals surface area contributed by atoms with Crippen molar-refractivity contribution in [1.29, 1.82) is 0 Å². The molecular formula is C13H27ClN2O3. The molecule has 3 N–H and O–H groups in total. The van der Waals surface area contributed by atoms with E-state index in [4.69, 9.17) is 5.11 Å². The first-order chi connectivity index (χ1) is 8.52. The molecule has 0 aromatic carbocycles. The molecule has 0 aliphatic rings. The number of nitrogens with one attached hydrogen (secondary N) is 2. The Morgan fingerprint density at radius 1 is 1.16 bits per heavy atom. The largest absolute Gasteiger partial charge is 0.480 e. The number of carbonyl (C=O) groups excluding carboxylic acids is 1. The minimum absolute atomic E-state index is 0. The molecule has 2 unspecified atom stereocenters. The average molecular weight is 295 g/mol. The summed E-state index contributed by atoms with van der Waals surface area (Å²) in [5.74, 6) is -1.03. The summed E-state index contributed by atoms with van der Waals surface area (Å²) < 4.78 is 0. The Labute approximate surface area is 121 Å². The number of hydrogen-bond acceptors (Lipinski definition) is 3. The molecule has 0 spiro atoms. The second kappa shape index (κ2) is 12.2. The van der Waals surface area contributed by atoms with Gasteiger partial charge in [-0.25, -0.2) is 0 Å². The maximum atomic E-state index is 11.7. The van der Waals surface area contributed by atoms with Crippen LogP contribution in [0, 0.1) is 0 Å². The summed E-state index contributed by atoms with van der Waals surface area (Å²) in [5, 5.41) is 14.6. The molecule has 0 fully saturated rings. The molecule has 0 heterocycles. The number of carboxylic acid groups (broad SMARTS) is 1. The summed E-state index contributed by atoms with van der Waals surface area (Å²) in [6.45, 7) is 6.38. The first kappa shape index (κ1) is 20.5. The fraction of sp³-hybridized carbons (Fsp3) is 0.846. The van der Waals surface area contributed by atoms with Crippen LogP contribution in [0.5, 0.6) is 0 Å². The van der Waals surface area contributed by atoms with Crippen LogP contribution in [0.2, 0.25) is 0 Å². The van der Waals surface area contributed by atoms with E-state index in [0.717, 1.165) is 25.7 Å². The van der Waals surface area contributed by atoms with Gasteiger partial charge in [0, 0.05) is 6.54 Å². The van der Waals surface area contributed by atoms with Crippen molar-refractivity contribution in [3.63, 3.8) is 0 Å². The number of hydrogen-bond donors (Lipinski definition) is 3. The van der Waals surface area contributed by atoms with E-state index < -0.39 is 18.1 Å². The first-order valence-corrected chi connectivity index (χ1v) is 6.79. The predicted octanol–water partition coefficient (Wildman–Crippen LogP) is 1.95. The maximum absolute atomic E-state index is 11.7. The van der Waals surface area contributed by atoms with Crippen LogP contribution in [-0.4, -0.2) is 35.6 Å². The maximum Gasteiger partial charge on any atom is 0.320 e. The van der Waals surface area contributed by atoms with Gasteiger partial charge in [-0.15, -0.1) is 12.4 Å². The molecule has 2 atom stereocenters. The van der Waals surface area contributed by atoms with E-state index in [1.165, 1.54) is 0 Å². The molecule has 0 aliphatic carbocycles. The average Bonchev–Trinajstić information content (AvgIpc) is 2.33. The third kappa shape index (κ3) is 9.73. The van der Waals surface area contributed by atoms with Gasteiger partial charge in [-0.2, -0.15) is 0 Å². The minimum Gasteiger partial charge on any atom is -0.480 e. The second-order valence-corrected chi connectivity index (χ2v) is 4.57. The van der Waals surface area contributed by atoms with Gasteiger partial charge in [-0.1, -0.05) is 33.1 Å². The molecule has 0 aromatic rings. The lowest BCUT2D eigenvalue weighted by Gasteiger charge is -2.19. The standard InChI is InChI=1S/C13H26N2O3.ClH/c1-4-6-7-9-14-12(16)10(3)15-11(8-5-2)13(17)18;/h10-11,15H,4-9H2,1-3H3,(H,14,16)(H,17,18);1H. The molecule has 5 nitrogen and oxygen atoms in total. The van der Waals surface area contributed by atoms with Gasteiger partial charge in [0.05, 0.1) is 6.04 Å². The van der Waals surface area contributed by atoms with Gasteiger partial charge in [-0.3, -0.25) is 14.9 Å². The Morgan fingerprint density at radius 3 is 2.26 bits per heavy atom. The van der Waals surface area contributed by atoms with Crippen LogP contribution in [0.3, 0.4) is 0 Å². The van der Waals surface area contributed by atoms with Crippen LogP contribution in [0.15, 0.2) is 0 Å². The van der Waals surface area contributed by atoms with Crippen LogP contribution < -0.4 is 10.6 Å². The van der Waals surface area contributed by atoms with Crippen molar-refractivity contribution in [2.75, 3.05) is 6.54 Å². The fourth-order valence-corrected chi connectivity index (χ4v) is 1.68. The van der Waals surface area contributed by atoms with Crippen molar-refractivity contribution in [3.8, 4) is 0 Å². The third-order valence-electron chi connectivity index (χ3n) is 2.80. The first-order valence-electron chi connectivity index (χ1n) is 6.79. The lowest BCUT2D eigenvalue weighted by Crippen LogP contribution is -2.49. The molecule has 0 radical (unpaired) electrons. The third-order valence-corrected chi connectivity index (χ3v) is 2.80. The number of carbonyl (C=O) groups is 2. The number of carboxylic acids is 1. The molecule has 6 heteroatoms. The van der Waals surface area contributed by atoms with Crippen LogP contribution in [0.4, 0.5) is 0 Å². The van der Waals surface area contributed by atoms with Crippen molar-refractivity contribution in [2.24, 2.45) is 0 Å². The number of aliphatic carboxylic acids is 1. The Kier molecular flexibility index (Phi) is 13.2. The molecule has 0 rings (SSSR count). The van der Waals surface area contributed by atoms with E-state index in [-0.39, 0.29) is 18.3 Å². The van der Waals surface area contributed by atoms with Crippen LogP contribution in [0.1, 0.15) is 52.9 Å². The fourth-order valence-electron chi connectivity index (χ4n) is 1.68. The highest BCUT2D eigenvalue weighted by Crippen LogP contribution is 1.99. The van der Waals surface area contributed by atoms with Gasteiger partial charge in [0.2, 0.25) is 5.91 Å². The highest BCUT2D eigenvalue weighted by atomic mass is 35.5. The van der Waals surface area contributed by atoms with Crippen LogP contribution in [-0.2, 0) is 9.59 Å². The van der Waals surface area contributed by atoms with Crippen LogP contribution >= 0.6 is 12.4 Å². The van der Waals surface area contributed by atoms with Crippen molar-refractivity contribution in [2.45, 2.75) is 65.0 Å². The molecule has 0 saturated heterocycles. The molecule has 0 saturated carbocycles. The van der Waals surface area contributed by atoms with Crippen molar-refractivity contribution in [3.05, 3.63) is 0 Å². The van der Waals surface area contributed by atoms with E-state index in [0.29, 0.717) is 13.0 Å². The van der Waals surface area contributed by atoms with Gasteiger partial charge in [0.1, 0.15) is 6.04 Å². The summed E-state index contributed by atoms with van der Waals surface area (Å²) in [4.78, 5) is 22.7. The zero-order valence-electron chi connectivity index (χ0n) is 12.1. The molecule has 0 aromatic heterocycles. The summed E-state index contributed by atoms with van der Waals surface area (Å²) >= 11 is 0. The Morgan fingerprint density at radius 2 is 1.79 bits per heavy atom. The van der Waals surface area contributed by atoms with E-state index in [1.807, 2.05) is 6.92 Å². The number of halogens is 1. The van der Waals surface area contributed by atoms with Crippen molar-refractivity contribution < 1.29 is 14.7 Å². The molecular weight excluding hydrogens is 268 g/mol. The van der Waals surface area contributed by atoms with Crippen molar-refractivity contribution in [1.82, 2.24) is 10.6 Å². The summed E-state index contributed by atoms with van der Waals surface area (Å²) in [5.41, 5.74) is 0. The zero-order valence-corrected chi connectivity index (χ0v) is 12.9. The number of amides is 1. The second-order valence-electron chi connectivity index (χ2n) is 4.57. The Balaban J connectivity index is 0. The van der Waals surface area contributed by atoms with E-state index >= 15 is 0 Å². The smallest absolute Gasteiger partial charge is 0.320 e. The highest BCUT2D eigenvalue weighted by Gasteiger charge is 2.21. The zero-order chi connectivity index (χ0) is 14.0. The molecule has 0 bridgehead atoms. The topological polar surface area (TPSA) is 78.4 Å².